The molecule has 0 aromatic heterocycles. The number of nitrogens with zero attached hydrogens (tertiary/aromatic N) is 1. The Bertz CT molecular complexity index is 580. The number of hydrogen-bond acceptors (Lipinski definition) is 5. The van der Waals surface area contributed by atoms with Gasteiger partial charge in [0.1, 0.15) is 5.69 Å². The van der Waals surface area contributed by atoms with E-state index in [1.54, 1.807) is 11.8 Å². The molecule has 126 valence electrons. The third-order valence-corrected chi connectivity index (χ3v) is 3.45. The van der Waals surface area contributed by atoms with Crippen LogP contribution in [0.2, 0.25) is 0 Å². The standard InChI is InChI=1S/C15H20F2N4OS/c1-10(23)19-8-11(18)9-20-12-6-13(16)15(14(17)7-12)21-2-4-22-5-3-21/h6-7,9,20H,2-5,8,18H2,1H3,(H,19,23)/b11-9-. The van der Waals surface area contributed by atoms with Crippen molar-refractivity contribution in [3.8, 4) is 0 Å². The lowest BCUT2D eigenvalue weighted by Gasteiger charge is -2.29. The van der Waals surface area contributed by atoms with E-state index >= 15 is 0 Å². The van der Waals surface area contributed by atoms with Crippen molar-refractivity contribution in [3.63, 3.8) is 0 Å². The maximum absolute atomic E-state index is 14.2. The van der Waals surface area contributed by atoms with E-state index in [1.807, 2.05) is 0 Å². The second-order valence-corrected chi connectivity index (χ2v) is 5.77. The quantitative estimate of drug-likeness (QED) is 0.711. The molecular formula is C15H20F2N4OS. The Morgan fingerprint density at radius 2 is 1.96 bits per heavy atom. The second-order valence-electron chi connectivity index (χ2n) is 5.16. The van der Waals surface area contributed by atoms with Crippen molar-refractivity contribution < 1.29 is 13.5 Å². The molecule has 1 aliphatic heterocycles. The zero-order chi connectivity index (χ0) is 16.8. The lowest BCUT2D eigenvalue weighted by Crippen LogP contribution is -2.37. The predicted molar refractivity (Wildman–Crippen MR) is 91.6 cm³/mol. The molecule has 0 saturated carbocycles. The molecule has 1 heterocycles. The number of morpholine rings is 1. The molecule has 0 unspecified atom stereocenters. The van der Waals surface area contributed by atoms with Crippen LogP contribution in [-0.4, -0.2) is 37.8 Å². The molecule has 0 radical (unpaired) electrons. The van der Waals surface area contributed by atoms with Gasteiger partial charge in [-0.15, -0.1) is 0 Å². The first-order chi connectivity index (χ1) is 11.0. The van der Waals surface area contributed by atoms with Crippen molar-refractivity contribution in [1.82, 2.24) is 5.32 Å². The monoisotopic (exact) mass is 342 g/mol. The summed E-state index contributed by atoms with van der Waals surface area (Å²) in [5.74, 6) is -1.23. The smallest absolute Gasteiger partial charge is 0.151 e. The predicted octanol–water partition coefficient (Wildman–Crippen LogP) is 1.95. The van der Waals surface area contributed by atoms with Gasteiger partial charge in [0.15, 0.2) is 11.6 Å². The zero-order valence-electron chi connectivity index (χ0n) is 12.9. The molecule has 1 fully saturated rings. The van der Waals surface area contributed by atoms with Gasteiger partial charge in [-0.1, -0.05) is 12.2 Å². The van der Waals surface area contributed by atoms with E-state index in [0.717, 1.165) is 0 Å². The van der Waals surface area contributed by atoms with Crippen LogP contribution in [-0.2, 0) is 4.74 Å². The van der Waals surface area contributed by atoms with E-state index in [4.69, 9.17) is 22.7 Å². The third-order valence-electron chi connectivity index (χ3n) is 3.31. The maximum Gasteiger partial charge on any atom is 0.151 e. The van der Waals surface area contributed by atoms with Crippen molar-refractivity contribution >= 4 is 28.6 Å². The summed E-state index contributed by atoms with van der Waals surface area (Å²) < 4.78 is 33.7. The molecule has 1 aromatic rings. The van der Waals surface area contributed by atoms with E-state index in [1.165, 1.54) is 18.3 Å². The summed E-state index contributed by atoms with van der Waals surface area (Å²) in [4.78, 5) is 2.27. The van der Waals surface area contributed by atoms with Crippen LogP contribution in [0.5, 0.6) is 0 Å². The minimum absolute atomic E-state index is 0.0196. The van der Waals surface area contributed by atoms with Crippen molar-refractivity contribution in [1.29, 1.82) is 0 Å². The van der Waals surface area contributed by atoms with Gasteiger partial charge in [-0.25, -0.2) is 8.78 Å². The van der Waals surface area contributed by atoms with Gasteiger partial charge in [0, 0.05) is 30.7 Å². The van der Waals surface area contributed by atoms with Crippen LogP contribution in [0.25, 0.3) is 0 Å². The Hall–Kier alpha value is -1.93. The number of thiocarbonyl (C=S) groups is 1. The van der Waals surface area contributed by atoms with Gasteiger partial charge in [0.2, 0.25) is 0 Å². The summed E-state index contributed by atoms with van der Waals surface area (Å²) in [7, 11) is 0. The highest BCUT2D eigenvalue weighted by atomic mass is 32.1. The van der Waals surface area contributed by atoms with Crippen LogP contribution in [0.3, 0.4) is 0 Å². The molecular weight excluding hydrogens is 322 g/mol. The SMILES string of the molecule is CC(=S)NC/C(N)=C/Nc1cc(F)c(N2CCOCC2)c(F)c1. The van der Waals surface area contributed by atoms with Gasteiger partial charge < -0.3 is 26.0 Å². The number of halogens is 2. The number of ether oxygens (including phenoxy) is 1. The van der Waals surface area contributed by atoms with Gasteiger partial charge >= 0.3 is 0 Å². The molecule has 1 aliphatic rings. The minimum atomic E-state index is -0.616. The summed E-state index contributed by atoms with van der Waals surface area (Å²) in [6, 6.07) is 2.49. The molecule has 1 aromatic carbocycles. The maximum atomic E-state index is 14.2. The van der Waals surface area contributed by atoms with Crippen molar-refractivity contribution in [2.24, 2.45) is 5.73 Å². The molecule has 8 heteroatoms. The third kappa shape index (κ3) is 5.04. The Balaban J connectivity index is 2.07. The molecule has 0 amide bonds. The highest BCUT2D eigenvalue weighted by Gasteiger charge is 2.20. The van der Waals surface area contributed by atoms with E-state index in [2.05, 4.69) is 10.6 Å². The molecule has 4 N–H and O–H groups in total. The molecule has 0 bridgehead atoms. The van der Waals surface area contributed by atoms with Gasteiger partial charge in [0.05, 0.1) is 24.7 Å². The van der Waals surface area contributed by atoms with Gasteiger partial charge in [-0.2, -0.15) is 0 Å². The van der Waals surface area contributed by atoms with E-state index < -0.39 is 11.6 Å². The normalized spacial score (nSPS) is 15.4. The average Bonchev–Trinajstić information content (AvgIpc) is 2.51. The largest absolute Gasteiger partial charge is 0.399 e. The Morgan fingerprint density at radius 3 is 2.52 bits per heavy atom. The number of anilines is 2. The lowest BCUT2D eigenvalue weighted by molar-refractivity contribution is 0.122. The molecule has 23 heavy (non-hydrogen) atoms. The topological polar surface area (TPSA) is 62.5 Å². The molecule has 2 rings (SSSR count). The molecule has 5 nitrogen and oxygen atoms in total. The highest BCUT2D eigenvalue weighted by Crippen LogP contribution is 2.27. The van der Waals surface area contributed by atoms with E-state index in [0.29, 0.717) is 49.2 Å². The first kappa shape index (κ1) is 17.4. The Kier molecular flexibility index (Phi) is 6.12. The fourth-order valence-corrected chi connectivity index (χ4v) is 2.26. The number of nitrogens with two attached hydrogens (primary N) is 1. The van der Waals surface area contributed by atoms with Gasteiger partial charge in [-0.3, -0.25) is 0 Å². The summed E-state index contributed by atoms with van der Waals surface area (Å²) >= 11 is 4.88. The second kappa shape index (κ2) is 8.07. The van der Waals surface area contributed by atoms with Crippen molar-refractivity contribution in [2.45, 2.75) is 6.92 Å². The van der Waals surface area contributed by atoms with Crippen LogP contribution in [0.4, 0.5) is 20.2 Å². The lowest BCUT2D eigenvalue weighted by atomic mass is 10.2. The Labute approximate surface area is 139 Å². The number of hydrogen-bond donors (Lipinski definition) is 3. The van der Waals surface area contributed by atoms with Crippen LogP contribution >= 0.6 is 12.2 Å². The molecule has 0 spiro atoms. The molecule has 0 atom stereocenters. The molecule has 1 saturated heterocycles. The van der Waals surface area contributed by atoms with Gasteiger partial charge in [0.25, 0.3) is 0 Å². The van der Waals surface area contributed by atoms with Crippen LogP contribution in [0.15, 0.2) is 24.0 Å². The van der Waals surface area contributed by atoms with Crippen molar-refractivity contribution in [3.05, 3.63) is 35.7 Å². The summed E-state index contributed by atoms with van der Waals surface area (Å²) in [5, 5.41) is 5.67. The fraction of sp³-hybridized carbons (Fsp3) is 0.400. The molecule has 0 aliphatic carbocycles. The van der Waals surface area contributed by atoms with Crippen LogP contribution in [0.1, 0.15) is 6.92 Å². The Morgan fingerprint density at radius 1 is 1.35 bits per heavy atom. The van der Waals surface area contributed by atoms with Crippen molar-refractivity contribution in [2.75, 3.05) is 43.1 Å². The number of benzene rings is 1. The van der Waals surface area contributed by atoms with Gasteiger partial charge in [-0.05, 0) is 19.1 Å². The number of rotatable bonds is 5. The van der Waals surface area contributed by atoms with Crippen LogP contribution < -0.4 is 21.3 Å². The first-order valence-electron chi connectivity index (χ1n) is 7.24. The zero-order valence-corrected chi connectivity index (χ0v) is 13.7. The summed E-state index contributed by atoms with van der Waals surface area (Å²) in [5.41, 5.74) is 6.50. The summed E-state index contributed by atoms with van der Waals surface area (Å²) in [6.45, 7) is 3.96. The first-order valence-corrected chi connectivity index (χ1v) is 7.65. The van der Waals surface area contributed by atoms with Crippen LogP contribution in [0, 0.1) is 11.6 Å². The fourth-order valence-electron chi connectivity index (χ4n) is 2.19. The number of nitrogens with one attached hydrogen (secondary N) is 2. The average molecular weight is 342 g/mol. The van der Waals surface area contributed by atoms with E-state index in [-0.39, 0.29) is 5.69 Å². The van der Waals surface area contributed by atoms with E-state index in [9.17, 15) is 8.78 Å². The highest BCUT2D eigenvalue weighted by molar-refractivity contribution is 7.80. The summed E-state index contributed by atoms with van der Waals surface area (Å²) in [6.07, 6.45) is 1.48. The minimum Gasteiger partial charge on any atom is -0.399 e.